The van der Waals surface area contributed by atoms with Crippen LogP contribution in [0.3, 0.4) is 0 Å². The first-order valence-corrected chi connectivity index (χ1v) is 9.77. The van der Waals surface area contributed by atoms with E-state index in [1.807, 2.05) is 18.4 Å². The van der Waals surface area contributed by atoms with Gasteiger partial charge >= 0.3 is 0 Å². The molecule has 1 unspecified atom stereocenters. The molecule has 1 N–H and O–H groups in total. The van der Waals surface area contributed by atoms with E-state index in [0.29, 0.717) is 19.4 Å². The van der Waals surface area contributed by atoms with Gasteiger partial charge in [-0.1, -0.05) is 0 Å². The van der Waals surface area contributed by atoms with E-state index in [9.17, 15) is 13.2 Å². The number of hydrazone groups is 1. The van der Waals surface area contributed by atoms with Crippen molar-refractivity contribution in [1.82, 2.24) is 9.73 Å². The highest BCUT2D eigenvalue weighted by Gasteiger charge is 2.31. The molecule has 1 amide bonds. The smallest absolute Gasteiger partial charge is 0.244 e. The fourth-order valence-corrected chi connectivity index (χ4v) is 4.32. The van der Waals surface area contributed by atoms with Crippen LogP contribution in [-0.4, -0.2) is 43.7 Å². The summed E-state index contributed by atoms with van der Waals surface area (Å²) < 4.78 is 25.2. The lowest BCUT2D eigenvalue weighted by Crippen LogP contribution is -2.45. The molecule has 0 radical (unpaired) electrons. The number of hydrogen-bond donors (Lipinski definition) is 1. The number of rotatable bonds is 5. The Morgan fingerprint density at radius 3 is 3.00 bits per heavy atom. The highest BCUT2D eigenvalue weighted by Crippen LogP contribution is 2.19. The molecule has 0 aliphatic carbocycles. The largest absolute Gasteiger partial charge is 0.273 e. The number of piperidine rings is 1. The van der Waals surface area contributed by atoms with Gasteiger partial charge in [-0.3, -0.25) is 4.79 Å². The van der Waals surface area contributed by atoms with Crippen LogP contribution < -0.4 is 5.43 Å². The van der Waals surface area contributed by atoms with Gasteiger partial charge in [-0.25, -0.2) is 18.1 Å². The van der Waals surface area contributed by atoms with E-state index >= 15 is 0 Å². The molecule has 1 aromatic rings. The second kappa shape index (κ2) is 7.34. The molecule has 22 heavy (non-hydrogen) atoms. The number of carbonyl (C=O) groups is 1. The van der Waals surface area contributed by atoms with Crippen LogP contribution >= 0.6 is 11.3 Å². The van der Waals surface area contributed by atoms with E-state index in [2.05, 4.69) is 10.5 Å². The van der Waals surface area contributed by atoms with Gasteiger partial charge in [0.05, 0.1) is 17.9 Å². The first-order valence-electron chi connectivity index (χ1n) is 7.29. The van der Waals surface area contributed by atoms with Crippen molar-refractivity contribution in [2.75, 3.05) is 18.8 Å². The average molecular weight is 343 g/mol. The fraction of sp³-hybridized carbons (Fsp3) is 0.571. The normalized spacial score (nSPS) is 20.4. The molecule has 1 atom stereocenters. The number of aryl methyl sites for hydroxylation is 1. The highest BCUT2D eigenvalue weighted by atomic mass is 32.2. The summed E-state index contributed by atoms with van der Waals surface area (Å²) >= 11 is 1.56. The van der Waals surface area contributed by atoms with Gasteiger partial charge in [-0.05, 0) is 43.7 Å². The van der Waals surface area contributed by atoms with Gasteiger partial charge in [-0.15, -0.1) is 11.3 Å². The predicted octanol–water partition coefficient (Wildman–Crippen LogP) is 1.57. The van der Waals surface area contributed by atoms with Gasteiger partial charge in [0.15, 0.2) is 0 Å². The lowest BCUT2D eigenvalue weighted by molar-refractivity contribution is -0.126. The summed E-state index contributed by atoms with van der Waals surface area (Å²) in [5, 5.41) is 5.94. The molecule has 1 aliphatic rings. The number of thiophene rings is 1. The molecular weight excluding hydrogens is 322 g/mol. The molecule has 2 heterocycles. The highest BCUT2D eigenvalue weighted by molar-refractivity contribution is 7.89. The van der Waals surface area contributed by atoms with Gasteiger partial charge in [0, 0.05) is 18.0 Å². The monoisotopic (exact) mass is 343 g/mol. The molecule has 0 aromatic carbocycles. The van der Waals surface area contributed by atoms with Crippen LogP contribution in [0.4, 0.5) is 0 Å². The Hall–Kier alpha value is -1.25. The molecule has 8 heteroatoms. The quantitative estimate of drug-likeness (QED) is 0.651. The number of nitrogens with one attached hydrogen (secondary N) is 1. The standard InChI is InChI=1S/C14H21N3O3S2/c1-3-22(19,20)17-7-4-5-12(10-17)14(18)16-15-9-13-11(2)6-8-21-13/h6,8-9,12H,3-5,7,10H2,1-2H3,(H,16,18). The molecule has 0 bridgehead atoms. The first kappa shape index (κ1) is 17.1. The van der Waals surface area contributed by atoms with E-state index in [1.165, 1.54) is 4.31 Å². The summed E-state index contributed by atoms with van der Waals surface area (Å²) in [5.41, 5.74) is 3.64. The van der Waals surface area contributed by atoms with Crippen LogP contribution in [0.1, 0.15) is 30.2 Å². The lowest BCUT2D eigenvalue weighted by Gasteiger charge is -2.30. The molecule has 6 nitrogen and oxygen atoms in total. The lowest BCUT2D eigenvalue weighted by atomic mass is 9.99. The van der Waals surface area contributed by atoms with Gasteiger partial charge in [-0.2, -0.15) is 5.10 Å². The zero-order valence-electron chi connectivity index (χ0n) is 12.8. The summed E-state index contributed by atoms with van der Waals surface area (Å²) in [6, 6.07) is 1.99. The fourth-order valence-electron chi connectivity index (χ4n) is 2.35. The maximum absolute atomic E-state index is 12.1. The van der Waals surface area contributed by atoms with Crippen molar-refractivity contribution in [2.45, 2.75) is 26.7 Å². The second-order valence-corrected chi connectivity index (χ2v) is 8.51. The summed E-state index contributed by atoms with van der Waals surface area (Å²) in [6.07, 6.45) is 3.02. The molecule has 1 fully saturated rings. The molecule has 2 rings (SSSR count). The van der Waals surface area contributed by atoms with Crippen molar-refractivity contribution >= 4 is 33.5 Å². The molecule has 0 saturated carbocycles. The van der Waals surface area contributed by atoms with E-state index in [0.717, 1.165) is 10.4 Å². The van der Waals surface area contributed by atoms with Crippen LogP contribution in [0.25, 0.3) is 0 Å². The number of sulfonamides is 1. The Bertz CT molecular complexity index is 652. The van der Waals surface area contributed by atoms with Crippen LogP contribution in [0.2, 0.25) is 0 Å². The minimum absolute atomic E-state index is 0.0666. The van der Waals surface area contributed by atoms with Gasteiger partial charge in [0.2, 0.25) is 15.9 Å². The number of amides is 1. The number of nitrogens with zero attached hydrogens (tertiary/aromatic N) is 2. The van der Waals surface area contributed by atoms with Crippen molar-refractivity contribution in [3.05, 3.63) is 21.9 Å². The molecular formula is C14H21N3O3S2. The molecule has 1 aromatic heterocycles. The number of hydrogen-bond acceptors (Lipinski definition) is 5. The zero-order chi connectivity index (χ0) is 16.2. The zero-order valence-corrected chi connectivity index (χ0v) is 14.4. The Labute approximate surface area is 135 Å². The van der Waals surface area contributed by atoms with Crippen molar-refractivity contribution < 1.29 is 13.2 Å². The van der Waals surface area contributed by atoms with Crippen LogP contribution in [0, 0.1) is 12.8 Å². The Morgan fingerprint density at radius 1 is 1.59 bits per heavy atom. The Morgan fingerprint density at radius 2 is 2.36 bits per heavy atom. The maximum atomic E-state index is 12.1. The minimum Gasteiger partial charge on any atom is -0.273 e. The first-order chi connectivity index (χ1) is 10.4. The third-order valence-corrected chi connectivity index (χ3v) is 6.57. The number of carbonyl (C=O) groups excluding carboxylic acids is 1. The van der Waals surface area contributed by atoms with Crippen molar-refractivity contribution in [3.8, 4) is 0 Å². The van der Waals surface area contributed by atoms with Crippen LogP contribution in [-0.2, 0) is 14.8 Å². The molecule has 1 saturated heterocycles. The third-order valence-electron chi connectivity index (χ3n) is 3.77. The van der Waals surface area contributed by atoms with E-state index < -0.39 is 10.0 Å². The summed E-state index contributed by atoms with van der Waals surface area (Å²) in [5.74, 6) is -0.491. The Kier molecular flexibility index (Phi) is 5.71. The topological polar surface area (TPSA) is 78.8 Å². The van der Waals surface area contributed by atoms with Gasteiger partial charge < -0.3 is 0 Å². The summed E-state index contributed by atoms with van der Waals surface area (Å²) in [4.78, 5) is 13.1. The molecule has 122 valence electrons. The van der Waals surface area contributed by atoms with Crippen LogP contribution in [0.15, 0.2) is 16.5 Å². The van der Waals surface area contributed by atoms with Gasteiger partial charge in [0.25, 0.3) is 0 Å². The average Bonchev–Trinajstić information content (AvgIpc) is 2.92. The minimum atomic E-state index is -3.23. The van der Waals surface area contributed by atoms with Crippen molar-refractivity contribution in [1.29, 1.82) is 0 Å². The van der Waals surface area contributed by atoms with E-state index in [4.69, 9.17) is 0 Å². The third kappa shape index (κ3) is 4.15. The maximum Gasteiger partial charge on any atom is 0.244 e. The summed E-state index contributed by atoms with van der Waals surface area (Å²) in [7, 11) is -3.23. The predicted molar refractivity (Wildman–Crippen MR) is 88.6 cm³/mol. The van der Waals surface area contributed by atoms with E-state index in [-0.39, 0.29) is 24.1 Å². The van der Waals surface area contributed by atoms with Crippen molar-refractivity contribution in [2.24, 2.45) is 11.0 Å². The van der Waals surface area contributed by atoms with Crippen LogP contribution in [0.5, 0.6) is 0 Å². The Balaban J connectivity index is 1.92. The SMILES string of the molecule is CCS(=O)(=O)N1CCCC(C(=O)NN=Cc2sccc2C)C1. The van der Waals surface area contributed by atoms with Crippen molar-refractivity contribution in [3.63, 3.8) is 0 Å². The van der Waals surface area contributed by atoms with Gasteiger partial charge in [0.1, 0.15) is 0 Å². The molecule has 0 spiro atoms. The second-order valence-electron chi connectivity index (χ2n) is 5.30. The van der Waals surface area contributed by atoms with E-state index in [1.54, 1.807) is 24.5 Å². The molecule has 1 aliphatic heterocycles. The summed E-state index contributed by atoms with van der Waals surface area (Å²) in [6.45, 7) is 4.34.